The molecule has 110 valence electrons. The van der Waals surface area contributed by atoms with Gasteiger partial charge < -0.3 is 4.98 Å². The molecule has 0 saturated carbocycles. The lowest BCUT2D eigenvalue weighted by molar-refractivity contribution is 0.613. The standard InChI is InChI=1S/C17H13FN2OS/c18-14-9-5-4-8-12(14)10-13-15(11-6-2-1-3-7-11)19-17(22)20-16(13)21/h1-9H,10H2,(H2,19,20,21,22). The van der Waals surface area contributed by atoms with Gasteiger partial charge in [-0.3, -0.25) is 9.78 Å². The third kappa shape index (κ3) is 2.89. The molecule has 0 aliphatic rings. The Kier molecular flexibility index (Phi) is 3.98. The zero-order valence-corrected chi connectivity index (χ0v) is 12.4. The first-order valence-corrected chi connectivity index (χ1v) is 7.20. The minimum atomic E-state index is -0.330. The Balaban J connectivity index is 2.17. The fraction of sp³-hybridized carbons (Fsp3) is 0.0588. The Hall–Kier alpha value is -2.53. The summed E-state index contributed by atoms with van der Waals surface area (Å²) in [6.45, 7) is 0. The van der Waals surface area contributed by atoms with Crippen molar-refractivity contribution in [2.75, 3.05) is 0 Å². The third-order valence-corrected chi connectivity index (χ3v) is 3.63. The number of rotatable bonds is 3. The summed E-state index contributed by atoms with van der Waals surface area (Å²) in [6.07, 6.45) is 0.193. The topological polar surface area (TPSA) is 48.6 Å². The first kappa shape index (κ1) is 14.4. The van der Waals surface area contributed by atoms with Gasteiger partial charge in [0.25, 0.3) is 5.56 Å². The van der Waals surface area contributed by atoms with E-state index in [1.165, 1.54) is 6.07 Å². The van der Waals surface area contributed by atoms with Crippen LogP contribution in [0, 0.1) is 10.6 Å². The Morgan fingerprint density at radius 2 is 1.64 bits per heavy atom. The van der Waals surface area contributed by atoms with E-state index in [-0.39, 0.29) is 22.6 Å². The molecule has 0 fully saturated rings. The summed E-state index contributed by atoms with van der Waals surface area (Å²) >= 11 is 5.05. The highest BCUT2D eigenvalue weighted by Crippen LogP contribution is 2.21. The predicted octanol–water partition coefficient (Wildman–Crippen LogP) is 3.83. The quantitative estimate of drug-likeness (QED) is 0.722. The van der Waals surface area contributed by atoms with E-state index in [4.69, 9.17) is 12.2 Å². The number of halogens is 1. The molecule has 3 rings (SSSR count). The number of H-pyrrole nitrogens is 2. The molecule has 0 saturated heterocycles. The summed E-state index contributed by atoms with van der Waals surface area (Å²) in [5.74, 6) is -0.330. The lowest BCUT2D eigenvalue weighted by atomic mass is 10.0. The van der Waals surface area contributed by atoms with Crippen molar-refractivity contribution < 1.29 is 4.39 Å². The Labute approximate surface area is 131 Å². The molecule has 1 aromatic heterocycles. The molecule has 22 heavy (non-hydrogen) atoms. The van der Waals surface area contributed by atoms with Crippen molar-refractivity contribution in [2.45, 2.75) is 6.42 Å². The molecule has 0 bridgehead atoms. The first-order chi connectivity index (χ1) is 10.6. The second-order valence-corrected chi connectivity index (χ2v) is 5.30. The number of hydrogen-bond donors (Lipinski definition) is 2. The second kappa shape index (κ2) is 6.07. The van der Waals surface area contributed by atoms with Gasteiger partial charge >= 0.3 is 0 Å². The molecule has 0 aliphatic heterocycles. The molecule has 3 nitrogen and oxygen atoms in total. The fourth-order valence-corrected chi connectivity index (χ4v) is 2.56. The molecule has 2 aromatic carbocycles. The summed E-state index contributed by atoms with van der Waals surface area (Å²) in [4.78, 5) is 17.9. The van der Waals surface area contributed by atoms with Crippen molar-refractivity contribution in [3.63, 3.8) is 0 Å². The molecule has 1 heterocycles. The SMILES string of the molecule is O=c1[nH]c(=S)[nH]c(-c2ccccc2)c1Cc1ccccc1F. The van der Waals surface area contributed by atoms with Crippen LogP contribution in [-0.2, 0) is 6.42 Å². The van der Waals surface area contributed by atoms with E-state index in [0.29, 0.717) is 16.8 Å². The van der Waals surface area contributed by atoms with Crippen LogP contribution in [-0.4, -0.2) is 9.97 Å². The van der Waals surface area contributed by atoms with Crippen molar-refractivity contribution in [3.8, 4) is 11.3 Å². The molecule has 0 unspecified atom stereocenters. The number of benzene rings is 2. The van der Waals surface area contributed by atoms with Gasteiger partial charge in [0, 0.05) is 12.0 Å². The molecule has 3 aromatic rings. The van der Waals surface area contributed by atoms with Gasteiger partial charge in [0.1, 0.15) is 5.82 Å². The molecule has 0 aliphatic carbocycles. The van der Waals surface area contributed by atoms with Crippen LogP contribution < -0.4 is 5.56 Å². The maximum Gasteiger partial charge on any atom is 0.255 e. The minimum absolute atomic E-state index is 0.193. The first-order valence-electron chi connectivity index (χ1n) is 6.79. The van der Waals surface area contributed by atoms with Gasteiger partial charge in [0.2, 0.25) is 0 Å². The largest absolute Gasteiger partial charge is 0.331 e. The van der Waals surface area contributed by atoms with Crippen molar-refractivity contribution in [1.29, 1.82) is 0 Å². The van der Waals surface area contributed by atoms with Gasteiger partial charge in [0.05, 0.1) is 5.69 Å². The van der Waals surface area contributed by atoms with E-state index in [1.807, 2.05) is 30.3 Å². The molecular formula is C17H13FN2OS. The molecule has 5 heteroatoms. The van der Waals surface area contributed by atoms with Crippen LogP contribution >= 0.6 is 12.2 Å². The Morgan fingerprint density at radius 1 is 0.955 bits per heavy atom. The average molecular weight is 312 g/mol. The maximum absolute atomic E-state index is 13.9. The van der Waals surface area contributed by atoms with Crippen molar-refractivity contribution in [2.24, 2.45) is 0 Å². The highest BCUT2D eigenvalue weighted by molar-refractivity contribution is 7.71. The summed E-state index contributed by atoms with van der Waals surface area (Å²) < 4.78 is 14.1. The van der Waals surface area contributed by atoms with Crippen LogP contribution in [0.1, 0.15) is 11.1 Å². The molecule has 0 spiro atoms. The van der Waals surface area contributed by atoms with Gasteiger partial charge in [0.15, 0.2) is 4.77 Å². The molecular weight excluding hydrogens is 299 g/mol. The highest BCUT2D eigenvalue weighted by Gasteiger charge is 2.13. The monoisotopic (exact) mass is 312 g/mol. The lowest BCUT2D eigenvalue weighted by Gasteiger charge is -2.09. The van der Waals surface area contributed by atoms with Crippen LogP contribution in [0.3, 0.4) is 0 Å². The third-order valence-electron chi connectivity index (χ3n) is 3.43. The summed E-state index contributed by atoms with van der Waals surface area (Å²) in [6, 6.07) is 15.8. The van der Waals surface area contributed by atoms with Crippen LogP contribution in [0.15, 0.2) is 59.4 Å². The van der Waals surface area contributed by atoms with Gasteiger partial charge in [-0.05, 0) is 29.4 Å². The van der Waals surface area contributed by atoms with Crippen molar-refractivity contribution >= 4 is 12.2 Å². The Morgan fingerprint density at radius 3 is 2.36 bits per heavy atom. The summed E-state index contributed by atoms with van der Waals surface area (Å²) in [5, 5.41) is 0. The summed E-state index contributed by atoms with van der Waals surface area (Å²) in [7, 11) is 0. The zero-order valence-electron chi connectivity index (χ0n) is 11.6. The van der Waals surface area contributed by atoms with Crippen LogP contribution in [0.2, 0.25) is 0 Å². The number of hydrogen-bond acceptors (Lipinski definition) is 2. The smallest absolute Gasteiger partial charge is 0.255 e. The predicted molar refractivity (Wildman–Crippen MR) is 86.9 cm³/mol. The number of nitrogens with one attached hydrogen (secondary N) is 2. The van der Waals surface area contributed by atoms with E-state index < -0.39 is 0 Å². The van der Waals surface area contributed by atoms with Crippen LogP contribution in [0.4, 0.5) is 4.39 Å². The van der Waals surface area contributed by atoms with E-state index in [2.05, 4.69) is 9.97 Å². The highest BCUT2D eigenvalue weighted by atomic mass is 32.1. The normalized spacial score (nSPS) is 10.6. The maximum atomic E-state index is 13.9. The van der Waals surface area contributed by atoms with Crippen LogP contribution in [0.25, 0.3) is 11.3 Å². The van der Waals surface area contributed by atoms with E-state index >= 15 is 0 Å². The van der Waals surface area contributed by atoms with Gasteiger partial charge in [-0.1, -0.05) is 48.5 Å². The fourth-order valence-electron chi connectivity index (χ4n) is 2.36. The van der Waals surface area contributed by atoms with E-state index in [1.54, 1.807) is 18.2 Å². The molecule has 0 amide bonds. The minimum Gasteiger partial charge on any atom is -0.331 e. The average Bonchev–Trinajstić information content (AvgIpc) is 2.52. The van der Waals surface area contributed by atoms with Gasteiger partial charge in [-0.15, -0.1) is 0 Å². The van der Waals surface area contributed by atoms with Gasteiger partial charge in [-0.2, -0.15) is 0 Å². The number of aromatic amines is 2. The van der Waals surface area contributed by atoms with E-state index in [0.717, 1.165) is 5.56 Å². The summed E-state index contributed by atoms with van der Waals surface area (Å²) in [5.41, 5.74) is 2.09. The van der Waals surface area contributed by atoms with E-state index in [9.17, 15) is 9.18 Å². The number of aromatic nitrogens is 2. The Bertz CT molecular complexity index is 916. The molecule has 2 N–H and O–H groups in total. The zero-order chi connectivity index (χ0) is 15.5. The van der Waals surface area contributed by atoms with Crippen LogP contribution in [0.5, 0.6) is 0 Å². The second-order valence-electron chi connectivity index (χ2n) is 4.90. The molecule has 0 atom stereocenters. The molecule has 0 radical (unpaired) electrons. The van der Waals surface area contributed by atoms with Crippen molar-refractivity contribution in [3.05, 3.63) is 86.7 Å². The van der Waals surface area contributed by atoms with Gasteiger partial charge in [-0.25, -0.2) is 4.39 Å². The lowest BCUT2D eigenvalue weighted by Crippen LogP contribution is -2.17. The van der Waals surface area contributed by atoms with Crippen molar-refractivity contribution in [1.82, 2.24) is 9.97 Å².